The summed E-state index contributed by atoms with van der Waals surface area (Å²) in [6, 6.07) is 16.8. The number of thiophene rings is 1. The molecule has 3 aromatic rings. The molecule has 25 heavy (non-hydrogen) atoms. The zero-order valence-corrected chi connectivity index (χ0v) is 14.8. The normalized spacial score (nSPS) is 10.5. The summed E-state index contributed by atoms with van der Waals surface area (Å²) in [4.78, 5) is 26.8. The minimum Gasteiger partial charge on any atom is -0.497 e. The third-order valence-electron chi connectivity index (χ3n) is 3.72. The van der Waals surface area contributed by atoms with E-state index < -0.39 is 0 Å². The minimum atomic E-state index is -0.259. The summed E-state index contributed by atoms with van der Waals surface area (Å²) in [6.45, 7) is -0.0235. The molecule has 1 N–H and O–H groups in total. The third kappa shape index (κ3) is 3.97. The number of anilines is 1. The first kappa shape index (κ1) is 17.0. The fraction of sp³-hybridized carbons (Fsp3) is 0.158. The number of carbonyl (C=O) groups is 2. The number of fused-ring (bicyclic) bond motifs is 1. The molecule has 0 saturated carbocycles. The minimum absolute atomic E-state index is 0.0235. The van der Waals surface area contributed by atoms with Crippen molar-refractivity contribution in [2.75, 3.05) is 26.0 Å². The second kappa shape index (κ2) is 7.36. The highest BCUT2D eigenvalue weighted by Gasteiger charge is 2.17. The van der Waals surface area contributed by atoms with Crippen molar-refractivity contribution in [2.45, 2.75) is 0 Å². The Morgan fingerprint density at radius 1 is 1.12 bits per heavy atom. The molecule has 2 aromatic carbocycles. The Labute approximate surface area is 149 Å². The maximum Gasteiger partial charge on any atom is 0.264 e. The summed E-state index contributed by atoms with van der Waals surface area (Å²) < 4.78 is 6.18. The molecule has 0 spiro atoms. The van der Waals surface area contributed by atoms with E-state index in [1.807, 2.05) is 30.3 Å². The van der Waals surface area contributed by atoms with Gasteiger partial charge in [-0.25, -0.2) is 0 Å². The van der Waals surface area contributed by atoms with Crippen molar-refractivity contribution in [3.63, 3.8) is 0 Å². The lowest BCUT2D eigenvalue weighted by Gasteiger charge is -2.16. The number of hydrogen-bond acceptors (Lipinski definition) is 4. The van der Waals surface area contributed by atoms with Gasteiger partial charge in [0.05, 0.1) is 18.5 Å². The molecule has 0 atom stereocenters. The molecule has 128 valence electrons. The van der Waals surface area contributed by atoms with Crippen molar-refractivity contribution >= 4 is 38.9 Å². The van der Waals surface area contributed by atoms with E-state index in [9.17, 15) is 9.59 Å². The van der Waals surface area contributed by atoms with Crippen molar-refractivity contribution in [3.8, 4) is 5.75 Å². The summed E-state index contributed by atoms with van der Waals surface area (Å²) >= 11 is 1.43. The molecule has 0 aliphatic heterocycles. The largest absolute Gasteiger partial charge is 0.497 e. The third-order valence-corrected chi connectivity index (χ3v) is 4.82. The Morgan fingerprint density at radius 3 is 2.68 bits per heavy atom. The zero-order valence-electron chi connectivity index (χ0n) is 14.0. The second-order valence-electron chi connectivity index (χ2n) is 5.59. The number of methoxy groups -OCH3 is 1. The van der Waals surface area contributed by atoms with Crippen LogP contribution in [0.2, 0.25) is 0 Å². The van der Waals surface area contributed by atoms with E-state index in [0.717, 1.165) is 10.1 Å². The highest BCUT2D eigenvalue weighted by molar-refractivity contribution is 7.20. The summed E-state index contributed by atoms with van der Waals surface area (Å²) in [5, 5.41) is 3.80. The standard InChI is InChI=1S/C19H18N2O3S/c1-21(12-18(22)20-14-7-5-8-15(11-14)24-2)19(23)17-10-13-6-3-4-9-16(13)25-17/h3-11H,12H2,1-2H3,(H,20,22). The number of carbonyl (C=O) groups excluding carboxylic acids is 2. The molecule has 5 nitrogen and oxygen atoms in total. The van der Waals surface area contributed by atoms with Crippen LogP contribution in [-0.4, -0.2) is 37.4 Å². The predicted molar refractivity (Wildman–Crippen MR) is 100 cm³/mol. The Hall–Kier alpha value is -2.86. The van der Waals surface area contributed by atoms with Gasteiger partial charge in [0.2, 0.25) is 5.91 Å². The van der Waals surface area contributed by atoms with Gasteiger partial charge >= 0.3 is 0 Å². The smallest absolute Gasteiger partial charge is 0.264 e. The monoisotopic (exact) mass is 354 g/mol. The quantitative estimate of drug-likeness (QED) is 0.761. The Morgan fingerprint density at radius 2 is 1.92 bits per heavy atom. The number of benzene rings is 2. The summed E-state index contributed by atoms with van der Waals surface area (Å²) in [6.07, 6.45) is 0. The van der Waals surface area contributed by atoms with Crippen molar-refractivity contribution in [1.29, 1.82) is 0 Å². The maximum atomic E-state index is 12.5. The van der Waals surface area contributed by atoms with E-state index in [4.69, 9.17) is 4.74 Å². The first-order valence-corrected chi connectivity index (χ1v) is 8.56. The van der Waals surface area contributed by atoms with Crippen LogP contribution in [0.4, 0.5) is 5.69 Å². The molecule has 0 aliphatic rings. The molecule has 2 amide bonds. The molecule has 3 rings (SSSR count). The van der Waals surface area contributed by atoms with E-state index in [1.54, 1.807) is 38.4 Å². The van der Waals surface area contributed by atoms with Crippen LogP contribution in [0.5, 0.6) is 5.75 Å². The van der Waals surface area contributed by atoms with E-state index in [2.05, 4.69) is 5.32 Å². The van der Waals surface area contributed by atoms with Gasteiger partial charge in [-0.3, -0.25) is 9.59 Å². The number of ether oxygens (including phenoxy) is 1. The van der Waals surface area contributed by atoms with E-state index in [1.165, 1.54) is 16.2 Å². The maximum absolute atomic E-state index is 12.5. The van der Waals surface area contributed by atoms with Crippen molar-refractivity contribution in [2.24, 2.45) is 0 Å². The lowest BCUT2D eigenvalue weighted by atomic mass is 10.2. The van der Waals surface area contributed by atoms with Gasteiger partial charge < -0.3 is 15.0 Å². The van der Waals surface area contributed by atoms with Gasteiger partial charge in [-0.1, -0.05) is 24.3 Å². The number of nitrogens with zero attached hydrogens (tertiary/aromatic N) is 1. The van der Waals surface area contributed by atoms with Crippen molar-refractivity contribution in [1.82, 2.24) is 4.90 Å². The van der Waals surface area contributed by atoms with Crippen molar-refractivity contribution < 1.29 is 14.3 Å². The van der Waals surface area contributed by atoms with Crippen LogP contribution in [0.1, 0.15) is 9.67 Å². The van der Waals surface area contributed by atoms with Crippen LogP contribution in [-0.2, 0) is 4.79 Å². The number of rotatable bonds is 5. The van der Waals surface area contributed by atoms with Gasteiger partial charge in [0.25, 0.3) is 5.91 Å². The van der Waals surface area contributed by atoms with Gasteiger partial charge in [-0.2, -0.15) is 0 Å². The van der Waals surface area contributed by atoms with Gasteiger partial charge in [-0.15, -0.1) is 11.3 Å². The van der Waals surface area contributed by atoms with Crippen molar-refractivity contribution in [3.05, 3.63) is 59.5 Å². The summed E-state index contributed by atoms with van der Waals surface area (Å²) in [7, 11) is 3.19. The molecular weight excluding hydrogens is 336 g/mol. The number of nitrogens with one attached hydrogen (secondary N) is 1. The average Bonchev–Trinajstić information content (AvgIpc) is 3.05. The molecule has 0 radical (unpaired) electrons. The lowest BCUT2D eigenvalue weighted by molar-refractivity contribution is -0.116. The first-order chi connectivity index (χ1) is 12.1. The van der Waals surface area contributed by atoms with Crippen LogP contribution in [0, 0.1) is 0 Å². The highest BCUT2D eigenvalue weighted by atomic mass is 32.1. The molecule has 0 aliphatic carbocycles. The molecule has 6 heteroatoms. The summed E-state index contributed by atoms with van der Waals surface area (Å²) in [5.41, 5.74) is 0.632. The second-order valence-corrected chi connectivity index (χ2v) is 6.67. The Balaban J connectivity index is 1.65. The molecule has 0 bridgehead atoms. The van der Waals surface area contributed by atoms with Gasteiger partial charge in [0, 0.05) is 23.5 Å². The molecule has 0 saturated heterocycles. The molecule has 0 fully saturated rings. The van der Waals surface area contributed by atoms with Crippen LogP contribution >= 0.6 is 11.3 Å². The molecular formula is C19H18N2O3S. The van der Waals surface area contributed by atoms with Crippen LogP contribution in [0.25, 0.3) is 10.1 Å². The number of likely N-dealkylation sites (N-methyl/N-ethyl adjacent to an activating group) is 1. The fourth-order valence-electron chi connectivity index (χ4n) is 2.46. The fourth-order valence-corrected chi connectivity index (χ4v) is 3.52. The predicted octanol–water partition coefficient (Wildman–Crippen LogP) is 3.62. The highest BCUT2D eigenvalue weighted by Crippen LogP contribution is 2.26. The average molecular weight is 354 g/mol. The van der Waals surface area contributed by atoms with Gasteiger partial charge in [0.1, 0.15) is 5.75 Å². The number of amides is 2. The zero-order chi connectivity index (χ0) is 17.8. The van der Waals surface area contributed by atoms with Crippen LogP contribution in [0.3, 0.4) is 0 Å². The van der Waals surface area contributed by atoms with Gasteiger partial charge in [-0.05, 0) is 29.7 Å². The molecule has 1 aromatic heterocycles. The van der Waals surface area contributed by atoms with E-state index >= 15 is 0 Å². The first-order valence-electron chi connectivity index (χ1n) is 7.75. The lowest BCUT2D eigenvalue weighted by Crippen LogP contribution is -2.34. The van der Waals surface area contributed by atoms with Gasteiger partial charge in [0.15, 0.2) is 0 Å². The molecule has 1 heterocycles. The topological polar surface area (TPSA) is 58.6 Å². The Kier molecular flexibility index (Phi) is 5.00. The SMILES string of the molecule is COc1cccc(NC(=O)CN(C)C(=O)c2cc3ccccc3s2)c1. The van der Waals surface area contributed by atoms with E-state index in [0.29, 0.717) is 16.3 Å². The number of hydrogen-bond donors (Lipinski definition) is 1. The summed E-state index contributed by atoms with van der Waals surface area (Å²) in [5.74, 6) is 0.236. The van der Waals surface area contributed by atoms with Crippen LogP contribution < -0.4 is 10.1 Å². The Bertz CT molecular complexity index is 887. The van der Waals surface area contributed by atoms with Crippen LogP contribution in [0.15, 0.2) is 54.6 Å². The van der Waals surface area contributed by atoms with E-state index in [-0.39, 0.29) is 18.4 Å². The molecule has 0 unspecified atom stereocenters.